The van der Waals surface area contributed by atoms with Gasteiger partial charge in [-0.2, -0.15) is 0 Å². The number of aliphatic hydroxyl groups is 2. The molecule has 1 heterocycles. The predicted octanol–water partition coefficient (Wildman–Crippen LogP) is -1.88. The van der Waals surface area contributed by atoms with E-state index in [2.05, 4.69) is 5.32 Å². The molecule has 1 unspecified atom stereocenters. The second-order valence-electron chi connectivity index (χ2n) is 2.66. The van der Waals surface area contributed by atoms with E-state index in [0.717, 1.165) is 0 Å². The molecule has 1 rings (SSSR count). The van der Waals surface area contributed by atoms with Crippen LogP contribution in [0.3, 0.4) is 0 Å². The first kappa shape index (κ1) is 9.24. The molecule has 6 heteroatoms. The van der Waals surface area contributed by atoms with Gasteiger partial charge in [0.1, 0.15) is 12.3 Å². The number of carbonyl (C=O) groups is 1. The zero-order valence-electron chi connectivity index (χ0n) is 6.43. The minimum atomic E-state index is -0.744. The third kappa shape index (κ3) is 2.07. The Kier molecular flexibility index (Phi) is 2.85. The molecule has 1 fully saturated rings. The highest BCUT2D eigenvalue weighted by Gasteiger charge is 2.33. The number of amides is 2. The zero-order chi connectivity index (χ0) is 9.14. The number of rotatable bonds is 2. The lowest BCUT2D eigenvalue weighted by Crippen LogP contribution is -2.38. The highest BCUT2D eigenvalue weighted by Crippen LogP contribution is 2.17. The normalized spacial score (nSPS) is 35.0. The van der Waals surface area contributed by atoms with E-state index in [9.17, 15) is 9.90 Å². The molecule has 0 aromatic rings. The van der Waals surface area contributed by atoms with Crippen molar-refractivity contribution in [2.75, 3.05) is 6.61 Å². The van der Waals surface area contributed by atoms with Crippen molar-refractivity contribution in [2.24, 2.45) is 5.73 Å². The summed E-state index contributed by atoms with van der Waals surface area (Å²) in [6.07, 6.45) is -1.70. The number of ether oxygens (including phenoxy) is 1. The van der Waals surface area contributed by atoms with Gasteiger partial charge < -0.3 is 26.0 Å². The smallest absolute Gasteiger partial charge is 0.314 e. The van der Waals surface area contributed by atoms with Crippen LogP contribution in [-0.2, 0) is 4.74 Å². The van der Waals surface area contributed by atoms with E-state index in [-0.39, 0.29) is 13.0 Å². The molecule has 1 aliphatic heterocycles. The van der Waals surface area contributed by atoms with Gasteiger partial charge in [-0.15, -0.1) is 0 Å². The summed E-state index contributed by atoms with van der Waals surface area (Å²) in [5, 5.41) is 20.1. The molecule has 2 amide bonds. The number of hydrogen-bond acceptors (Lipinski definition) is 4. The standard InChI is InChI=1S/C6H12N2O4/c7-6(11)8-5-1-3(10)4(2-9)12-5/h3-5,9-10H,1-2H2,(H3,7,8,11)/t3?,4-,5-/m0/s1. The molecule has 0 bridgehead atoms. The topological polar surface area (TPSA) is 105 Å². The van der Waals surface area contributed by atoms with E-state index in [1.807, 2.05) is 0 Å². The Morgan fingerprint density at radius 3 is 2.83 bits per heavy atom. The highest BCUT2D eigenvalue weighted by atomic mass is 16.5. The van der Waals surface area contributed by atoms with Crippen LogP contribution in [0.1, 0.15) is 6.42 Å². The van der Waals surface area contributed by atoms with Gasteiger partial charge in [-0.3, -0.25) is 0 Å². The lowest BCUT2D eigenvalue weighted by Gasteiger charge is -2.11. The Hall–Kier alpha value is -0.850. The van der Waals surface area contributed by atoms with Crippen molar-refractivity contribution in [3.05, 3.63) is 0 Å². The Bertz CT molecular complexity index is 175. The van der Waals surface area contributed by atoms with Gasteiger partial charge >= 0.3 is 6.03 Å². The molecule has 3 atom stereocenters. The molecule has 1 aliphatic rings. The summed E-state index contributed by atoms with van der Waals surface area (Å²) >= 11 is 0. The van der Waals surface area contributed by atoms with Crippen LogP contribution in [0, 0.1) is 0 Å². The van der Waals surface area contributed by atoms with Crippen LogP contribution in [-0.4, -0.2) is 41.3 Å². The number of urea groups is 1. The molecule has 0 aliphatic carbocycles. The fourth-order valence-corrected chi connectivity index (χ4v) is 1.14. The lowest BCUT2D eigenvalue weighted by atomic mass is 10.2. The van der Waals surface area contributed by atoms with Crippen molar-refractivity contribution >= 4 is 6.03 Å². The number of nitrogens with two attached hydrogens (primary N) is 1. The summed E-state index contributed by atoms with van der Waals surface area (Å²) in [5.74, 6) is 0. The quantitative estimate of drug-likeness (QED) is 0.395. The minimum Gasteiger partial charge on any atom is -0.394 e. The Balaban J connectivity index is 2.37. The molecule has 1 saturated heterocycles. The van der Waals surface area contributed by atoms with E-state index in [1.54, 1.807) is 0 Å². The maximum absolute atomic E-state index is 10.3. The van der Waals surface area contributed by atoms with Gasteiger partial charge in [0.05, 0.1) is 12.7 Å². The van der Waals surface area contributed by atoms with Crippen LogP contribution in [0.25, 0.3) is 0 Å². The third-order valence-electron chi connectivity index (χ3n) is 1.71. The summed E-state index contributed by atoms with van der Waals surface area (Å²) in [6, 6.07) is -0.703. The molecule has 5 N–H and O–H groups in total. The summed E-state index contributed by atoms with van der Waals surface area (Å²) in [6.45, 7) is -0.266. The number of aliphatic hydroxyl groups excluding tert-OH is 2. The van der Waals surface area contributed by atoms with Crippen LogP contribution in [0.4, 0.5) is 4.79 Å². The summed E-state index contributed by atoms with van der Waals surface area (Å²) in [4.78, 5) is 10.3. The van der Waals surface area contributed by atoms with Gasteiger partial charge in [-0.25, -0.2) is 4.79 Å². The molecule has 0 spiro atoms. The maximum atomic E-state index is 10.3. The largest absolute Gasteiger partial charge is 0.394 e. The number of nitrogens with one attached hydrogen (secondary N) is 1. The van der Waals surface area contributed by atoms with E-state index in [4.69, 9.17) is 15.6 Å². The summed E-state index contributed by atoms with van der Waals surface area (Å²) < 4.78 is 5.02. The molecule has 12 heavy (non-hydrogen) atoms. The molecular weight excluding hydrogens is 164 g/mol. The Morgan fingerprint density at radius 2 is 2.42 bits per heavy atom. The molecule has 0 saturated carbocycles. The maximum Gasteiger partial charge on any atom is 0.314 e. The average molecular weight is 176 g/mol. The van der Waals surface area contributed by atoms with Crippen LogP contribution < -0.4 is 11.1 Å². The number of primary amides is 1. The lowest BCUT2D eigenvalue weighted by molar-refractivity contribution is -0.0270. The zero-order valence-corrected chi connectivity index (χ0v) is 6.43. The Labute approximate surface area is 69.3 Å². The first-order chi connectivity index (χ1) is 5.63. The van der Waals surface area contributed by atoms with E-state index >= 15 is 0 Å². The van der Waals surface area contributed by atoms with Crippen LogP contribution in [0.15, 0.2) is 0 Å². The Morgan fingerprint density at radius 1 is 1.75 bits per heavy atom. The fourth-order valence-electron chi connectivity index (χ4n) is 1.14. The van der Waals surface area contributed by atoms with E-state index in [0.29, 0.717) is 0 Å². The third-order valence-corrected chi connectivity index (χ3v) is 1.71. The van der Waals surface area contributed by atoms with Gasteiger partial charge in [-0.1, -0.05) is 0 Å². The minimum absolute atomic E-state index is 0.258. The van der Waals surface area contributed by atoms with Gasteiger partial charge in [-0.05, 0) is 0 Å². The van der Waals surface area contributed by atoms with Crippen LogP contribution in [0.5, 0.6) is 0 Å². The average Bonchev–Trinajstić information content (AvgIpc) is 2.29. The molecule has 0 aromatic heterocycles. The molecule has 0 radical (unpaired) electrons. The predicted molar refractivity (Wildman–Crippen MR) is 39.1 cm³/mol. The highest BCUT2D eigenvalue weighted by molar-refractivity contribution is 5.71. The van der Waals surface area contributed by atoms with Gasteiger partial charge in [0, 0.05) is 6.42 Å². The van der Waals surface area contributed by atoms with Crippen molar-refractivity contribution in [2.45, 2.75) is 24.9 Å². The van der Waals surface area contributed by atoms with Crippen molar-refractivity contribution in [3.63, 3.8) is 0 Å². The second kappa shape index (κ2) is 3.70. The van der Waals surface area contributed by atoms with Gasteiger partial charge in [0.2, 0.25) is 0 Å². The molecule has 0 aromatic carbocycles. The second-order valence-corrected chi connectivity index (χ2v) is 2.66. The molecular formula is C6H12N2O4. The summed E-state index contributed by atoms with van der Waals surface area (Å²) in [7, 11) is 0. The SMILES string of the molecule is NC(=O)N[C@@H]1CC(O)[C@H](CO)O1. The van der Waals surface area contributed by atoms with Gasteiger partial charge in [0.15, 0.2) is 0 Å². The van der Waals surface area contributed by atoms with E-state index in [1.165, 1.54) is 0 Å². The van der Waals surface area contributed by atoms with Crippen molar-refractivity contribution in [1.82, 2.24) is 5.32 Å². The fraction of sp³-hybridized carbons (Fsp3) is 0.833. The monoisotopic (exact) mass is 176 g/mol. The first-order valence-electron chi connectivity index (χ1n) is 3.64. The van der Waals surface area contributed by atoms with E-state index < -0.39 is 24.5 Å². The van der Waals surface area contributed by atoms with Gasteiger partial charge in [0.25, 0.3) is 0 Å². The van der Waals surface area contributed by atoms with Crippen molar-refractivity contribution < 1.29 is 19.7 Å². The van der Waals surface area contributed by atoms with Crippen LogP contribution >= 0.6 is 0 Å². The molecule has 70 valence electrons. The summed E-state index contributed by atoms with van der Waals surface area (Å²) in [5.41, 5.74) is 4.83. The first-order valence-corrected chi connectivity index (χ1v) is 3.64. The van der Waals surface area contributed by atoms with Crippen LogP contribution in [0.2, 0.25) is 0 Å². The number of hydrogen-bond donors (Lipinski definition) is 4. The van der Waals surface area contributed by atoms with Crippen molar-refractivity contribution in [3.8, 4) is 0 Å². The van der Waals surface area contributed by atoms with Crippen molar-refractivity contribution in [1.29, 1.82) is 0 Å². The molecule has 6 nitrogen and oxygen atoms in total. The number of carbonyl (C=O) groups excluding carboxylic acids is 1.